The second-order valence-corrected chi connectivity index (χ2v) is 6.87. The molecule has 1 aliphatic rings. The van der Waals surface area contributed by atoms with Crippen LogP contribution in [0.2, 0.25) is 0 Å². The molecule has 0 radical (unpaired) electrons. The molecule has 1 aliphatic heterocycles. The Labute approximate surface area is 160 Å². The summed E-state index contributed by atoms with van der Waals surface area (Å²) in [6.07, 6.45) is -5.44. The molecule has 0 aromatic heterocycles. The molecule has 1 heterocycles. The zero-order valence-corrected chi connectivity index (χ0v) is 15.6. The molecule has 1 fully saturated rings. The Balaban J connectivity index is 1.93. The fraction of sp³-hybridized carbons (Fsp3) is 0.429. The Bertz CT molecular complexity index is 830. The minimum Gasteiger partial charge on any atom is -0.429 e. The smallest absolute Gasteiger partial charge is 0.427 e. The molecule has 0 amide bonds. The van der Waals surface area contributed by atoms with Crippen LogP contribution >= 0.6 is 0 Å². The summed E-state index contributed by atoms with van der Waals surface area (Å²) in [5, 5.41) is 0. The Morgan fingerprint density at radius 3 is 2.39 bits per heavy atom. The number of halogens is 5. The molecule has 1 atom stereocenters. The molecule has 0 spiro atoms. The Morgan fingerprint density at radius 2 is 1.86 bits per heavy atom. The Kier molecular flexibility index (Phi) is 5.93. The minimum atomic E-state index is -4.12. The molecule has 0 aliphatic carbocycles. The molecule has 152 valence electrons. The first kappa shape index (κ1) is 20.6. The molecule has 3 rings (SSSR count). The van der Waals surface area contributed by atoms with E-state index >= 15 is 0 Å². The van der Waals surface area contributed by atoms with Gasteiger partial charge < -0.3 is 9.47 Å². The number of rotatable bonds is 8. The first-order valence-corrected chi connectivity index (χ1v) is 9.13. The van der Waals surface area contributed by atoms with Crippen LogP contribution in [-0.2, 0) is 17.3 Å². The van der Waals surface area contributed by atoms with Crippen molar-refractivity contribution in [3.05, 3.63) is 64.0 Å². The third-order valence-corrected chi connectivity index (χ3v) is 4.70. The molecular weight excluding hydrogens is 379 g/mol. The highest BCUT2D eigenvalue weighted by Gasteiger charge is 2.44. The second-order valence-electron chi connectivity index (χ2n) is 6.87. The van der Waals surface area contributed by atoms with Crippen LogP contribution in [0.5, 0.6) is 5.75 Å². The largest absolute Gasteiger partial charge is 0.429 e. The van der Waals surface area contributed by atoms with Crippen molar-refractivity contribution in [2.45, 2.75) is 51.7 Å². The van der Waals surface area contributed by atoms with Crippen molar-refractivity contribution in [1.82, 2.24) is 0 Å². The summed E-state index contributed by atoms with van der Waals surface area (Å²) in [4.78, 5) is 0. The molecule has 0 bridgehead atoms. The fourth-order valence-electron chi connectivity index (χ4n) is 3.20. The number of hydrogen-bond donors (Lipinski definition) is 0. The number of benzene rings is 2. The lowest BCUT2D eigenvalue weighted by Gasteiger charge is -2.24. The lowest BCUT2D eigenvalue weighted by atomic mass is 9.95. The van der Waals surface area contributed by atoms with Crippen molar-refractivity contribution in [3.63, 3.8) is 0 Å². The lowest BCUT2D eigenvalue weighted by Crippen LogP contribution is -2.26. The third kappa shape index (κ3) is 4.29. The maximum absolute atomic E-state index is 14.8. The standard InChI is InChI=1S/C21H21F5O2/c1-3-4-5-13-6-8-14(9-7-13)28-21(25,26)18-12(2)10-15(16-11-27-16)19(22)17(18)20(23)24/h6-10,16,20H,3-5,11H2,1-2H3. The van der Waals surface area contributed by atoms with Crippen LogP contribution in [0.25, 0.3) is 0 Å². The number of alkyl halides is 4. The SMILES string of the molecule is CCCCc1ccc(OC(F)(F)c2c(C)cc(C3CO3)c(F)c2C(F)F)cc1. The van der Waals surface area contributed by atoms with Gasteiger partial charge in [-0.3, -0.25) is 0 Å². The molecule has 1 saturated heterocycles. The maximum Gasteiger partial charge on any atom is 0.427 e. The molecular formula is C21H21F5O2. The molecule has 2 aromatic carbocycles. The maximum atomic E-state index is 14.8. The van der Waals surface area contributed by atoms with Crippen molar-refractivity contribution in [2.24, 2.45) is 0 Å². The highest BCUT2D eigenvalue weighted by Crippen LogP contribution is 2.44. The molecule has 0 saturated carbocycles. The molecule has 1 unspecified atom stereocenters. The molecule has 0 N–H and O–H groups in total. The summed E-state index contributed by atoms with van der Waals surface area (Å²) in [6, 6.07) is 7.14. The normalized spacial score (nSPS) is 16.5. The topological polar surface area (TPSA) is 21.8 Å². The van der Waals surface area contributed by atoms with Crippen LogP contribution < -0.4 is 4.74 Å². The second kappa shape index (κ2) is 8.07. The van der Waals surface area contributed by atoms with Crippen LogP contribution in [-0.4, -0.2) is 6.61 Å². The van der Waals surface area contributed by atoms with Crippen LogP contribution in [0, 0.1) is 12.7 Å². The summed E-state index contributed by atoms with van der Waals surface area (Å²) in [6.45, 7) is 3.45. The quantitative estimate of drug-likeness (QED) is 0.367. The van der Waals surface area contributed by atoms with Gasteiger partial charge in [0.2, 0.25) is 0 Å². The van der Waals surface area contributed by atoms with Crippen molar-refractivity contribution in [1.29, 1.82) is 0 Å². The van der Waals surface area contributed by atoms with E-state index in [2.05, 4.69) is 0 Å². The van der Waals surface area contributed by atoms with E-state index in [1.165, 1.54) is 19.1 Å². The predicted octanol–water partition coefficient (Wildman–Crippen LogP) is 6.61. The average Bonchev–Trinajstić information content (AvgIpc) is 3.46. The van der Waals surface area contributed by atoms with Gasteiger partial charge in [-0.15, -0.1) is 0 Å². The van der Waals surface area contributed by atoms with Crippen LogP contribution in [0.4, 0.5) is 22.0 Å². The first-order valence-electron chi connectivity index (χ1n) is 9.13. The molecule has 2 aromatic rings. The number of aryl methyl sites for hydroxylation is 2. The summed E-state index contributed by atoms with van der Waals surface area (Å²) in [5.41, 5.74) is -1.82. The minimum absolute atomic E-state index is 0.132. The highest BCUT2D eigenvalue weighted by atomic mass is 19.3. The molecule has 28 heavy (non-hydrogen) atoms. The van der Waals surface area contributed by atoms with Gasteiger partial charge >= 0.3 is 6.11 Å². The van der Waals surface area contributed by atoms with E-state index in [1.807, 2.05) is 6.92 Å². The van der Waals surface area contributed by atoms with Crippen molar-refractivity contribution in [3.8, 4) is 5.75 Å². The summed E-state index contributed by atoms with van der Waals surface area (Å²) >= 11 is 0. The summed E-state index contributed by atoms with van der Waals surface area (Å²) in [7, 11) is 0. The van der Waals surface area contributed by atoms with Gasteiger partial charge in [-0.2, -0.15) is 8.78 Å². The van der Waals surface area contributed by atoms with E-state index in [-0.39, 0.29) is 23.5 Å². The monoisotopic (exact) mass is 400 g/mol. The third-order valence-electron chi connectivity index (χ3n) is 4.70. The van der Waals surface area contributed by atoms with Crippen molar-refractivity contribution >= 4 is 0 Å². The zero-order chi connectivity index (χ0) is 20.5. The Morgan fingerprint density at radius 1 is 1.21 bits per heavy atom. The van der Waals surface area contributed by atoms with E-state index in [0.717, 1.165) is 30.9 Å². The van der Waals surface area contributed by atoms with Gasteiger partial charge in [-0.1, -0.05) is 25.5 Å². The predicted molar refractivity (Wildman–Crippen MR) is 94.4 cm³/mol. The molecule has 7 heteroatoms. The van der Waals surface area contributed by atoms with Gasteiger partial charge in [-0.25, -0.2) is 13.2 Å². The van der Waals surface area contributed by atoms with Crippen LogP contribution in [0.3, 0.4) is 0 Å². The van der Waals surface area contributed by atoms with Crippen molar-refractivity contribution in [2.75, 3.05) is 6.61 Å². The van der Waals surface area contributed by atoms with Crippen LogP contribution in [0.15, 0.2) is 30.3 Å². The first-order chi connectivity index (χ1) is 13.2. The summed E-state index contributed by atoms with van der Waals surface area (Å²) in [5.74, 6) is -1.55. The number of unbranched alkanes of at least 4 members (excludes halogenated alkanes) is 1. The Hall–Kier alpha value is -2.15. The van der Waals surface area contributed by atoms with Gasteiger partial charge in [-0.05, 0) is 49.1 Å². The van der Waals surface area contributed by atoms with Gasteiger partial charge in [0.05, 0.1) is 17.7 Å². The summed E-state index contributed by atoms with van der Waals surface area (Å²) < 4.78 is 80.8. The van der Waals surface area contributed by atoms with Crippen LogP contribution in [0.1, 0.15) is 60.1 Å². The van der Waals surface area contributed by atoms with E-state index in [1.54, 1.807) is 12.1 Å². The molecule has 2 nitrogen and oxygen atoms in total. The lowest BCUT2D eigenvalue weighted by molar-refractivity contribution is -0.187. The highest BCUT2D eigenvalue weighted by molar-refractivity contribution is 5.45. The van der Waals surface area contributed by atoms with Gasteiger partial charge in [0.25, 0.3) is 6.43 Å². The fourth-order valence-corrected chi connectivity index (χ4v) is 3.20. The number of ether oxygens (including phenoxy) is 2. The zero-order valence-electron chi connectivity index (χ0n) is 15.6. The van der Waals surface area contributed by atoms with E-state index in [0.29, 0.717) is 0 Å². The average molecular weight is 400 g/mol. The van der Waals surface area contributed by atoms with Gasteiger partial charge in [0.15, 0.2) is 0 Å². The van der Waals surface area contributed by atoms with Gasteiger partial charge in [0, 0.05) is 5.56 Å². The number of hydrogen-bond acceptors (Lipinski definition) is 2. The number of epoxide rings is 1. The van der Waals surface area contributed by atoms with Gasteiger partial charge in [0.1, 0.15) is 17.7 Å². The van der Waals surface area contributed by atoms with Crippen molar-refractivity contribution < 1.29 is 31.4 Å². The van der Waals surface area contributed by atoms with E-state index in [4.69, 9.17) is 9.47 Å². The van der Waals surface area contributed by atoms with E-state index < -0.39 is 35.6 Å². The van der Waals surface area contributed by atoms with E-state index in [9.17, 15) is 22.0 Å².